The van der Waals surface area contributed by atoms with Gasteiger partial charge >= 0.3 is 0 Å². The Morgan fingerprint density at radius 3 is 2.64 bits per heavy atom. The summed E-state index contributed by atoms with van der Waals surface area (Å²) >= 11 is 0. The zero-order chi connectivity index (χ0) is 15.4. The lowest BCUT2D eigenvalue weighted by molar-refractivity contribution is 0.166. The lowest BCUT2D eigenvalue weighted by Gasteiger charge is -2.35. The summed E-state index contributed by atoms with van der Waals surface area (Å²) in [6.45, 7) is 6.76. The molecule has 0 radical (unpaired) electrons. The zero-order valence-electron chi connectivity index (χ0n) is 13.1. The van der Waals surface area contributed by atoms with E-state index in [0.29, 0.717) is 23.7 Å². The molecule has 0 amide bonds. The van der Waals surface area contributed by atoms with E-state index in [2.05, 4.69) is 44.0 Å². The molecule has 2 aromatic rings. The van der Waals surface area contributed by atoms with E-state index in [1.54, 1.807) is 24.7 Å². The van der Waals surface area contributed by atoms with Gasteiger partial charge in [0.15, 0.2) is 5.82 Å². The van der Waals surface area contributed by atoms with Crippen molar-refractivity contribution >= 4 is 11.8 Å². The third kappa shape index (κ3) is 3.57. The average molecular weight is 298 g/mol. The predicted molar refractivity (Wildman–Crippen MR) is 86.0 cm³/mol. The van der Waals surface area contributed by atoms with Gasteiger partial charge in [-0.1, -0.05) is 0 Å². The Labute approximate surface area is 131 Å². The molecular formula is C16H22N6. The lowest BCUT2D eigenvalue weighted by atomic mass is 9.94. The zero-order valence-corrected chi connectivity index (χ0v) is 13.1. The summed E-state index contributed by atoms with van der Waals surface area (Å²) in [4.78, 5) is 19.8. The van der Waals surface area contributed by atoms with Gasteiger partial charge in [0, 0.05) is 30.9 Å². The Bertz CT molecular complexity index is 583. The molecule has 0 bridgehead atoms. The van der Waals surface area contributed by atoms with Crippen LogP contribution in [0.15, 0.2) is 30.9 Å². The molecule has 1 N–H and O–H groups in total. The highest BCUT2D eigenvalue weighted by molar-refractivity contribution is 5.45. The van der Waals surface area contributed by atoms with E-state index in [4.69, 9.17) is 0 Å². The fourth-order valence-corrected chi connectivity index (χ4v) is 2.81. The maximum atomic E-state index is 4.59. The predicted octanol–water partition coefficient (Wildman–Crippen LogP) is 2.60. The van der Waals surface area contributed by atoms with Gasteiger partial charge < -0.3 is 10.2 Å². The Balaban J connectivity index is 1.66. The number of anilines is 2. The Hall–Kier alpha value is -2.08. The van der Waals surface area contributed by atoms with Crippen molar-refractivity contribution in [3.05, 3.63) is 36.5 Å². The van der Waals surface area contributed by atoms with Crippen LogP contribution in [0.25, 0.3) is 0 Å². The minimum atomic E-state index is 0.477. The average Bonchev–Trinajstić information content (AvgIpc) is 2.56. The van der Waals surface area contributed by atoms with Crippen LogP contribution in [-0.2, 0) is 0 Å². The third-order valence-corrected chi connectivity index (χ3v) is 4.08. The van der Waals surface area contributed by atoms with E-state index in [1.165, 1.54) is 19.4 Å². The fraction of sp³-hybridized carbons (Fsp3) is 0.500. The van der Waals surface area contributed by atoms with Gasteiger partial charge in [-0.3, -0.25) is 4.98 Å². The van der Waals surface area contributed by atoms with Gasteiger partial charge in [-0.25, -0.2) is 15.0 Å². The number of hydrogen-bond acceptors (Lipinski definition) is 6. The maximum absolute atomic E-state index is 4.59. The molecule has 22 heavy (non-hydrogen) atoms. The first-order valence-electron chi connectivity index (χ1n) is 7.82. The summed E-state index contributed by atoms with van der Waals surface area (Å²) in [5, 5.41) is 3.05. The molecule has 1 aliphatic rings. The Kier molecular flexibility index (Phi) is 4.58. The highest BCUT2D eigenvalue weighted by atomic mass is 15.2. The second kappa shape index (κ2) is 6.79. The van der Waals surface area contributed by atoms with Gasteiger partial charge in [0.05, 0.1) is 18.1 Å². The van der Waals surface area contributed by atoms with Crippen molar-refractivity contribution in [3.63, 3.8) is 0 Å². The summed E-state index contributed by atoms with van der Waals surface area (Å²) in [6.07, 6.45) is 9.44. The SMILES string of the molecule is CC(C)N1CCC[C@H](c2cnc(Nc3ncccn3)cn2)C1. The summed E-state index contributed by atoms with van der Waals surface area (Å²) in [6, 6.07) is 2.37. The van der Waals surface area contributed by atoms with E-state index in [0.717, 1.165) is 12.2 Å². The quantitative estimate of drug-likeness (QED) is 0.936. The molecule has 0 aromatic carbocycles. The summed E-state index contributed by atoms with van der Waals surface area (Å²) < 4.78 is 0. The van der Waals surface area contributed by atoms with Crippen LogP contribution in [0.3, 0.4) is 0 Å². The third-order valence-electron chi connectivity index (χ3n) is 4.08. The van der Waals surface area contributed by atoms with Crippen molar-refractivity contribution in [2.75, 3.05) is 18.4 Å². The number of aromatic nitrogens is 4. The van der Waals surface area contributed by atoms with E-state index in [9.17, 15) is 0 Å². The van der Waals surface area contributed by atoms with Gasteiger partial charge in [0.2, 0.25) is 5.95 Å². The van der Waals surface area contributed by atoms with Crippen molar-refractivity contribution in [3.8, 4) is 0 Å². The molecule has 0 unspecified atom stereocenters. The highest BCUT2D eigenvalue weighted by Crippen LogP contribution is 2.26. The number of nitrogens with one attached hydrogen (secondary N) is 1. The molecule has 1 aliphatic heterocycles. The molecule has 6 heteroatoms. The molecule has 116 valence electrons. The van der Waals surface area contributed by atoms with Crippen LogP contribution in [0.2, 0.25) is 0 Å². The first kappa shape index (κ1) is 14.8. The molecule has 0 aliphatic carbocycles. The van der Waals surface area contributed by atoms with Crippen LogP contribution in [-0.4, -0.2) is 44.0 Å². The van der Waals surface area contributed by atoms with Crippen molar-refractivity contribution < 1.29 is 0 Å². The number of likely N-dealkylation sites (tertiary alicyclic amines) is 1. The van der Waals surface area contributed by atoms with E-state index in [1.807, 2.05) is 6.20 Å². The first-order valence-corrected chi connectivity index (χ1v) is 7.82. The van der Waals surface area contributed by atoms with E-state index < -0.39 is 0 Å². The fourth-order valence-electron chi connectivity index (χ4n) is 2.81. The molecule has 2 aromatic heterocycles. The van der Waals surface area contributed by atoms with Gasteiger partial charge in [0.25, 0.3) is 0 Å². The van der Waals surface area contributed by atoms with Crippen molar-refractivity contribution in [1.29, 1.82) is 0 Å². The van der Waals surface area contributed by atoms with Gasteiger partial charge in [-0.05, 0) is 39.3 Å². The smallest absolute Gasteiger partial charge is 0.228 e. The van der Waals surface area contributed by atoms with Crippen LogP contribution in [0.5, 0.6) is 0 Å². The van der Waals surface area contributed by atoms with Gasteiger partial charge in [-0.2, -0.15) is 0 Å². The minimum absolute atomic E-state index is 0.477. The normalized spacial score (nSPS) is 19.3. The van der Waals surface area contributed by atoms with Gasteiger partial charge in [-0.15, -0.1) is 0 Å². The molecule has 6 nitrogen and oxygen atoms in total. The minimum Gasteiger partial charge on any atom is -0.307 e. The second-order valence-corrected chi connectivity index (χ2v) is 5.95. The number of nitrogens with zero attached hydrogens (tertiary/aromatic N) is 5. The number of rotatable bonds is 4. The maximum Gasteiger partial charge on any atom is 0.228 e. The first-order chi connectivity index (χ1) is 10.7. The van der Waals surface area contributed by atoms with Crippen molar-refractivity contribution in [2.24, 2.45) is 0 Å². The monoisotopic (exact) mass is 298 g/mol. The molecule has 0 spiro atoms. The highest BCUT2D eigenvalue weighted by Gasteiger charge is 2.23. The van der Waals surface area contributed by atoms with Crippen LogP contribution >= 0.6 is 0 Å². The largest absolute Gasteiger partial charge is 0.307 e. The molecule has 0 saturated carbocycles. The summed E-state index contributed by atoms with van der Waals surface area (Å²) in [5.41, 5.74) is 1.07. The van der Waals surface area contributed by atoms with Crippen LogP contribution < -0.4 is 5.32 Å². The Morgan fingerprint density at radius 1 is 1.14 bits per heavy atom. The molecule has 1 saturated heterocycles. The van der Waals surface area contributed by atoms with E-state index >= 15 is 0 Å². The number of hydrogen-bond donors (Lipinski definition) is 1. The summed E-state index contributed by atoms with van der Waals surface area (Å²) in [5.74, 6) is 1.69. The Morgan fingerprint density at radius 2 is 1.95 bits per heavy atom. The lowest BCUT2D eigenvalue weighted by Crippen LogP contribution is -2.39. The van der Waals surface area contributed by atoms with Crippen LogP contribution in [0, 0.1) is 0 Å². The number of piperidine rings is 1. The summed E-state index contributed by atoms with van der Waals surface area (Å²) in [7, 11) is 0. The standard InChI is InChI=1S/C16H22N6/c1-12(2)22-8-3-5-13(11-22)14-9-20-15(10-19-14)21-16-17-6-4-7-18-16/h4,6-7,9-10,12-13H,3,5,8,11H2,1-2H3,(H,17,18,20,21)/t13-/m0/s1. The molecule has 3 heterocycles. The van der Waals surface area contributed by atoms with Crippen molar-refractivity contribution in [2.45, 2.75) is 38.6 Å². The van der Waals surface area contributed by atoms with Crippen LogP contribution in [0.1, 0.15) is 38.3 Å². The molecular weight excluding hydrogens is 276 g/mol. The van der Waals surface area contributed by atoms with E-state index in [-0.39, 0.29) is 0 Å². The second-order valence-electron chi connectivity index (χ2n) is 5.95. The van der Waals surface area contributed by atoms with Gasteiger partial charge in [0.1, 0.15) is 0 Å². The molecule has 1 atom stereocenters. The molecule has 1 fully saturated rings. The van der Waals surface area contributed by atoms with Crippen molar-refractivity contribution in [1.82, 2.24) is 24.8 Å². The topological polar surface area (TPSA) is 66.8 Å². The molecule has 3 rings (SSSR count). The van der Waals surface area contributed by atoms with Crippen LogP contribution in [0.4, 0.5) is 11.8 Å².